The van der Waals surface area contributed by atoms with E-state index in [-0.39, 0.29) is 42.2 Å². The van der Waals surface area contributed by atoms with E-state index in [1.165, 1.54) is 4.31 Å². The third kappa shape index (κ3) is 5.46. The van der Waals surface area contributed by atoms with Crippen molar-refractivity contribution >= 4 is 22.0 Å². The van der Waals surface area contributed by atoms with Crippen LogP contribution in [0.1, 0.15) is 36.7 Å². The van der Waals surface area contributed by atoms with E-state index in [4.69, 9.17) is 4.74 Å². The number of fused-ring (bicyclic) bond motifs is 1. The maximum absolute atomic E-state index is 13.5. The first-order chi connectivity index (χ1) is 15.7. The normalized spacial score (nSPS) is 21.5. The molecule has 0 unspecified atom stereocenters. The first-order valence-electron chi connectivity index (χ1n) is 11.1. The van der Waals surface area contributed by atoms with Gasteiger partial charge in [0.05, 0.1) is 13.2 Å². The number of nitrogens with zero attached hydrogens (tertiary/aromatic N) is 2. The highest BCUT2D eigenvalue weighted by Gasteiger charge is 2.38. The van der Waals surface area contributed by atoms with E-state index in [1.54, 1.807) is 49.2 Å². The molecule has 0 radical (unpaired) electrons. The number of amides is 1. The van der Waals surface area contributed by atoms with Gasteiger partial charge in [-0.3, -0.25) is 4.79 Å². The standard InChI is InChI=1S/C25H32N2O5S/c1-5-9-20-12-13-24-22(14-20)32-23(16-26(4)25(29)21-10-7-6-8-11-21)18(2)15-27(19(3)17-28)33(24,30)31/h5-14,18-19,23,28H,15-17H2,1-4H3/b9-5+/t18-,19+,23-/m0/s1. The second kappa shape index (κ2) is 10.5. The van der Waals surface area contributed by atoms with Gasteiger partial charge in [-0.05, 0) is 43.7 Å². The summed E-state index contributed by atoms with van der Waals surface area (Å²) in [5.74, 6) is -0.124. The van der Waals surface area contributed by atoms with Gasteiger partial charge >= 0.3 is 0 Å². The van der Waals surface area contributed by atoms with Crippen LogP contribution in [-0.2, 0) is 10.0 Å². The van der Waals surface area contributed by atoms with Gasteiger partial charge in [0.15, 0.2) is 0 Å². The summed E-state index contributed by atoms with van der Waals surface area (Å²) in [7, 11) is -2.17. The fraction of sp³-hybridized carbons (Fsp3) is 0.400. The van der Waals surface area contributed by atoms with Gasteiger partial charge in [-0.2, -0.15) is 4.31 Å². The van der Waals surface area contributed by atoms with E-state index < -0.39 is 22.2 Å². The Balaban J connectivity index is 2.01. The molecule has 7 nitrogen and oxygen atoms in total. The monoisotopic (exact) mass is 472 g/mol. The van der Waals surface area contributed by atoms with Crippen molar-refractivity contribution in [3.05, 3.63) is 65.7 Å². The number of likely N-dealkylation sites (N-methyl/N-ethyl adjacent to an activating group) is 1. The molecule has 8 heteroatoms. The second-order valence-electron chi connectivity index (χ2n) is 8.50. The van der Waals surface area contributed by atoms with E-state index in [1.807, 2.05) is 44.2 Å². The Morgan fingerprint density at radius 3 is 2.61 bits per heavy atom. The molecule has 33 heavy (non-hydrogen) atoms. The van der Waals surface area contributed by atoms with Crippen molar-refractivity contribution in [2.45, 2.75) is 37.8 Å². The van der Waals surface area contributed by atoms with Crippen LogP contribution < -0.4 is 4.74 Å². The lowest BCUT2D eigenvalue weighted by atomic mass is 10.0. The van der Waals surface area contributed by atoms with Gasteiger partial charge in [0.25, 0.3) is 5.91 Å². The Labute approximate surface area is 196 Å². The van der Waals surface area contributed by atoms with E-state index in [0.717, 1.165) is 5.56 Å². The lowest BCUT2D eigenvalue weighted by Gasteiger charge is -2.37. The highest BCUT2D eigenvalue weighted by molar-refractivity contribution is 7.89. The van der Waals surface area contributed by atoms with Crippen molar-refractivity contribution in [1.29, 1.82) is 0 Å². The highest BCUT2D eigenvalue weighted by Crippen LogP contribution is 2.34. The van der Waals surface area contributed by atoms with E-state index >= 15 is 0 Å². The van der Waals surface area contributed by atoms with Gasteiger partial charge in [-0.15, -0.1) is 0 Å². The smallest absolute Gasteiger partial charge is 0.253 e. The molecule has 1 heterocycles. The molecule has 178 valence electrons. The number of benzene rings is 2. The van der Waals surface area contributed by atoms with Crippen LogP contribution in [-0.4, -0.2) is 67.5 Å². The first kappa shape index (κ1) is 25.0. The predicted molar refractivity (Wildman–Crippen MR) is 129 cm³/mol. The summed E-state index contributed by atoms with van der Waals surface area (Å²) in [5.41, 5.74) is 1.39. The molecule has 0 saturated carbocycles. The summed E-state index contributed by atoms with van der Waals surface area (Å²) < 4.78 is 34.6. The summed E-state index contributed by atoms with van der Waals surface area (Å²) in [6, 6.07) is 13.4. The summed E-state index contributed by atoms with van der Waals surface area (Å²) in [6.45, 7) is 5.62. The molecule has 0 aromatic heterocycles. The Kier molecular flexibility index (Phi) is 7.94. The van der Waals surface area contributed by atoms with Crippen LogP contribution in [0.15, 0.2) is 59.5 Å². The van der Waals surface area contributed by atoms with Gasteiger partial charge in [0.1, 0.15) is 16.7 Å². The van der Waals surface area contributed by atoms with E-state index in [2.05, 4.69) is 0 Å². The predicted octanol–water partition coefficient (Wildman–Crippen LogP) is 3.26. The number of ether oxygens (including phenoxy) is 1. The van der Waals surface area contributed by atoms with Gasteiger partial charge in [0, 0.05) is 31.1 Å². The number of allylic oxidation sites excluding steroid dienone is 1. The number of sulfonamides is 1. The van der Waals surface area contributed by atoms with Gasteiger partial charge in [0.2, 0.25) is 10.0 Å². The van der Waals surface area contributed by atoms with Gasteiger partial charge in [-0.1, -0.05) is 43.3 Å². The molecule has 0 aliphatic carbocycles. The molecule has 3 atom stereocenters. The molecule has 2 aromatic rings. The Bertz CT molecular complexity index is 1100. The molecule has 0 spiro atoms. The van der Waals surface area contributed by atoms with Crippen LogP contribution in [0.5, 0.6) is 5.75 Å². The molecule has 1 aliphatic rings. The molecule has 0 fully saturated rings. The Hall–Kier alpha value is -2.68. The number of hydrogen-bond donors (Lipinski definition) is 1. The number of aliphatic hydroxyl groups excluding tert-OH is 1. The van der Waals surface area contributed by atoms with E-state index in [9.17, 15) is 18.3 Å². The van der Waals surface area contributed by atoms with Gasteiger partial charge < -0.3 is 14.7 Å². The van der Waals surface area contributed by atoms with Crippen molar-refractivity contribution in [2.24, 2.45) is 5.92 Å². The Morgan fingerprint density at radius 2 is 1.97 bits per heavy atom. The maximum Gasteiger partial charge on any atom is 0.253 e. The zero-order valence-corrected chi connectivity index (χ0v) is 20.3. The third-order valence-corrected chi connectivity index (χ3v) is 7.89. The number of hydrogen-bond acceptors (Lipinski definition) is 5. The quantitative estimate of drug-likeness (QED) is 0.697. The van der Waals surface area contributed by atoms with Crippen molar-refractivity contribution < 1.29 is 23.1 Å². The van der Waals surface area contributed by atoms with Gasteiger partial charge in [-0.25, -0.2) is 8.42 Å². The van der Waals surface area contributed by atoms with Crippen LogP contribution in [0.2, 0.25) is 0 Å². The maximum atomic E-state index is 13.5. The molecule has 1 aliphatic heterocycles. The van der Waals surface area contributed by atoms with Crippen LogP contribution in [0.3, 0.4) is 0 Å². The molecular formula is C25H32N2O5S. The minimum atomic E-state index is -3.89. The molecular weight excluding hydrogens is 440 g/mol. The van der Waals surface area contributed by atoms with Crippen LogP contribution >= 0.6 is 0 Å². The fourth-order valence-corrected chi connectivity index (χ4v) is 5.74. The zero-order valence-electron chi connectivity index (χ0n) is 19.5. The van der Waals surface area contributed by atoms with Crippen molar-refractivity contribution in [3.63, 3.8) is 0 Å². The number of aliphatic hydroxyl groups is 1. The first-order valence-corrected chi connectivity index (χ1v) is 12.5. The number of carbonyl (C=O) groups is 1. The number of rotatable bonds is 6. The lowest BCUT2D eigenvalue weighted by Crippen LogP contribution is -2.50. The largest absolute Gasteiger partial charge is 0.487 e. The molecule has 1 amide bonds. The average molecular weight is 473 g/mol. The summed E-state index contributed by atoms with van der Waals surface area (Å²) in [4.78, 5) is 14.6. The molecule has 3 rings (SSSR count). The van der Waals surface area contributed by atoms with Crippen LogP contribution in [0.25, 0.3) is 6.08 Å². The van der Waals surface area contributed by atoms with Crippen molar-refractivity contribution in [3.8, 4) is 5.75 Å². The molecule has 0 bridgehead atoms. The molecule has 2 aromatic carbocycles. The summed E-state index contributed by atoms with van der Waals surface area (Å²) >= 11 is 0. The Morgan fingerprint density at radius 1 is 1.27 bits per heavy atom. The highest BCUT2D eigenvalue weighted by atomic mass is 32.2. The van der Waals surface area contributed by atoms with Crippen molar-refractivity contribution in [1.82, 2.24) is 9.21 Å². The third-order valence-electron chi connectivity index (χ3n) is 5.87. The summed E-state index contributed by atoms with van der Waals surface area (Å²) in [6.07, 6.45) is 3.28. The van der Waals surface area contributed by atoms with Crippen LogP contribution in [0.4, 0.5) is 0 Å². The molecule has 1 N–H and O–H groups in total. The van der Waals surface area contributed by atoms with E-state index in [0.29, 0.717) is 5.56 Å². The SMILES string of the molecule is C/C=C/c1ccc2c(c1)O[C@@H](CN(C)C(=O)c1ccccc1)[C@@H](C)CN([C@H](C)CO)S2(=O)=O. The van der Waals surface area contributed by atoms with Crippen molar-refractivity contribution in [2.75, 3.05) is 26.7 Å². The lowest BCUT2D eigenvalue weighted by molar-refractivity contribution is 0.0563. The molecule has 0 saturated heterocycles. The minimum absolute atomic E-state index is 0.0602. The fourth-order valence-electron chi connectivity index (χ4n) is 3.91. The zero-order chi connectivity index (χ0) is 24.2. The summed E-state index contributed by atoms with van der Waals surface area (Å²) in [5, 5.41) is 9.74. The second-order valence-corrected chi connectivity index (χ2v) is 10.4. The van der Waals surface area contributed by atoms with Crippen LogP contribution in [0, 0.1) is 5.92 Å². The average Bonchev–Trinajstić information content (AvgIpc) is 2.81. The number of carbonyl (C=O) groups excluding carboxylic acids is 1. The topological polar surface area (TPSA) is 87.2 Å². The minimum Gasteiger partial charge on any atom is -0.487 e.